The van der Waals surface area contributed by atoms with Gasteiger partial charge in [0.15, 0.2) is 0 Å². The van der Waals surface area contributed by atoms with Gasteiger partial charge in [-0.1, -0.05) is 0 Å². The number of anilines is 1. The van der Waals surface area contributed by atoms with Crippen molar-refractivity contribution in [2.75, 3.05) is 5.43 Å². The average molecular weight is 192 g/mol. The monoisotopic (exact) mass is 192 g/mol. The Morgan fingerprint density at radius 3 is 2.79 bits per heavy atom. The van der Waals surface area contributed by atoms with Crippen LogP contribution >= 0.6 is 0 Å². The molecular weight excluding hydrogens is 180 g/mol. The molecule has 0 radical (unpaired) electrons. The highest BCUT2D eigenvalue weighted by molar-refractivity contribution is 5.89. The molecule has 4 heteroatoms. The van der Waals surface area contributed by atoms with Crippen molar-refractivity contribution < 1.29 is 9.90 Å². The van der Waals surface area contributed by atoms with Crippen molar-refractivity contribution in [1.29, 1.82) is 0 Å². The Morgan fingerprint density at radius 1 is 1.43 bits per heavy atom. The van der Waals surface area contributed by atoms with E-state index in [0.717, 1.165) is 11.3 Å². The number of hydrogen-bond donors (Lipinski definition) is 3. The first-order valence-corrected chi connectivity index (χ1v) is 4.42. The van der Waals surface area contributed by atoms with E-state index < -0.39 is 5.97 Å². The van der Waals surface area contributed by atoms with Gasteiger partial charge in [-0.3, -0.25) is 0 Å². The number of carboxylic acid groups (broad SMARTS) is 1. The molecule has 0 aromatic heterocycles. The summed E-state index contributed by atoms with van der Waals surface area (Å²) in [6, 6.07) is 5.07. The van der Waals surface area contributed by atoms with Gasteiger partial charge in [-0.05, 0) is 37.6 Å². The Balaban J connectivity index is 2.53. The molecule has 1 aromatic carbocycles. The maximum atomic E-state index is 10.8. The zero-order valence-corrected chi connectivity index (χ0v) is 8.09. The van der Waals surface area contributed by atoms with Crippen LogP contribution in [0.1, 0.15) is 29.8 Å². The van der Waals surface area contributed by atoms with Crippen LogP contribution in [0.4, 0.5) is 5.69 Å². The van der Waals surface area contributed by atoms with Crippen LogP contribution in [0, 0.1) is 0 Å². The van der Waals surface area contributed by atoms with Gasteiger partial charge in [0.05, 0.1) is 16.8 Å². The van der Waals surface area contributed by atoms with E-state index in [9.17, 15) is 4.79 Å². The Hall–Kier alpha value is -1.55. The fourth-order valence-electron chi connectivity index (χ4n) is 1.59. The van der Waals surface area contributed by atoms with Crippen LogP contribution in [-0.2, 0) is 5.54 Å². The van der Waals surface area contributed by atoms with Crippen molar-refractivity contribution in [1.82, 2.24) is 5.43 Å². The predicted octanol–water partition coefficient (Wildman–Crippen LogP) is 1.55. The summed E-state index contributed by atoms with van der Waals surface area (Å²) in [6.45, 7) is 3.99. The summed E-state index contributed by atoms with van der Waals surface area (Å²) in [5.74, 6) is -0.893. The van der Waals surface area contributed by atoms with Crippen LogP contribution in [0.25, 0.3) is 0 Å². The quantitative estimate of drug-likeness (QED) is 0.631. The molecule has 14 heavy (non-hydrogen) atoms. The van der Waals surface area contributed by atoms with E-state index in [1.807, 2.05) is 13.8 Å². The Labute approximate surface area is 81.9 Å². The molecule has 1 aliphatic rings. The molecular formula is C10H12N2O2. The van der Waals surface area contributed by atoms with Gasteiger partial charge in [0.2, 0.25) is 0 Å². The molecule has 4 nitrogen and oxygen atoms in total. The second-order valence-corrected chi connectivity index (χ2v) is 3.94. The Kier molecular flexibility index (Phi) is 1.75. The first kappa shape index (κ1) is 9.02. The van der Waals surface area contributed by atoms with Crippen molar-refractivity contribution >= 4 is 11.7 Å². The van der Waals surface area contributed by atoms with Gasteiger partial charge in [-0.2, -0.15) is 0 Å². The SMILES string of the molecule is CC1(C)NNc2ccc(C(=O)O)cc21. The number of hydrogen-bond acceptors (Lipinski definition) is 3. The summed E-state index contributed by atoms with van der Waals surface area (Å²) in [5.41, 5.74) is 8.13. The molecule has 0 aliphatic carbocycles. The largest absolute Gasteiger partial charge is 0.478 e. The minimum Gasteiger partial charge on any atom is -0.478 e. The lowest BCUT2D eigenvalue weighted by atomic mass is 9.94. The molecule has 0 atom stereocenters. The second kappa shape index (κ2) is 2.72. The fourth-order valence-corrected chi connectivity index (χ4v) is 1.59. The van der Waals surface area contributed by atoms with Crippen molar-refractivity contribution in [3.05, 3.63) is 29.3 Å². The van der Waals surface area contributed by atoms with Gasteiger partial charge < -0.3 is 10.5 Å². The summed E-state index contributed by atoms with van der Waals surface area (Å²) in [5, 5.41) is 8.85. The highest BCUT2D eigenvalue weighted by atomic mass is 16.4. The maximum absolute atomic E-state index is 10.8. The lowest BCUT2D eigenvalue weighted by Crippen LogP contribution is -2.33. The third kappa shape index (κ3) is 1.24. The van der Waals surface area contributed by atoms with Crippen molar-refractivity contribution in [3.8, 4) is 0 Å². The summed E-state index contributed by atoms with van der Waals surface area (Å²) < 4.78 is 0. The molecule has 0 spiro atoms. The number of carbonyl (C=O) groups is 1. The van der Waals surface area contributed by atoms with Gasteiger partial charge in [0, 0.05) is 0 Å². The molecule has 0 amide bonds. The van der Waals surface area contributed by atoms with E-state index in [1.165, 1.54) is 0 Å². The first-order valence-electron chi connectivity index (χ1n) is 4.42. The highest BCUT2D eigenvalue weighted by Gasteiger charge is 2.29. The van der Waals surface area contributed by atoms with Gasteiger partial charge in [0.25, 0.3) is 0 Å². The summed E-state index contributed by atoms with van der Waals surface area (Å²) in [7, 11) is 0. The fraction of sp³-hybridized carbons (Fsp3) is 0.300. The molecule has 1 aliphatic heterocycles. The zero-order chi connectivity index (χ0) is 10.3. The molecule has 3 N–H and O–H groups in total. The predicted molar refractivity (Wildman–Crippen MR) is 53.2 cm³/mol. The summed E-state index contributed by atoms with van der Waals surface area (Å²) in [6.07, 6.45) is 0. The molecule has 2 rings (SSSR count). The Morgan fingerprint density at radius 2 is 2.14 bits per heavy atom. The van der Waals surface area contributed by atoms with E-state index in [0.29, 0.717) is 5.56 Å². The van der Waals surface area contributed by atoms with Crippen LogP contribution in [0.5, 0.6) is 0 Å². The molecule has 1 heterocycles. The number of carboxylic acids is 1. The zero-order valence-electron chi connectivity index (χ0n) is 8.09. The van der Waals surface area contributed by atoms with Crippen LogP contribution < -0.4 is 10.9 Å². The molecule has 0 saturated carbocycles. The molecule has 1 aromatic rings. The summed E-state index contributed by atoms with van der Waals surface area (Å²) in [4.78, 5) is 10.8. The molecule has 74 valence electrons. The number of hydrazine groups is 1. The van der Waals surface area contributed by atoms with Crippen molar-refractivity contribution in [3.63, 3.8) is 0 Å². The van der Waals surface area contributed by atoms with Gasteiger partial charge in [-0.25, -0.2) is 10.2 Å². The third-order valence-corrected chi connectivity index (χ3v) is 2.45. The van der Waals surface area contributed by atoms with Crippen molar-refractivity contribution in [2.45, 2.75) is 19.4 Å². The van der Waals surface area contributed by atoms with E-state index >= 15 is 0 Å². The number of aromatic carboxylic acids is 1. The van der Waals surface area contributed by atoms with Gasteiger partial charge in [0.1, 0.15) is 0 Å². The van der Waals surface area contributed by atoms with E-state index in [1.54, 1.807) is 18.2 Å². The van der Waals surface area contributed by atoms with Crippen LogP contribution in [-0.4, -0.2) is 11.1 Å². The van der Waals surface area contributed by atoms with E-state index in [2.05, 4.69) is 10.9 Å². The molecule has 0 unspecified atom stereocenters. The molecule has 0 fully saturated rings. The minimum absolute atomic E-state index is 0.221. The van der Waals surface area contributed by atoms with Gasteiger partial charge >= 0.3 is 5.97 Å². The lowest BCUT2D eigenvalue weighted by Gasteiger charge is -2.17. The first-order chi connectivity index (χ1) is 6.50. The van der Waals surface area contributed by atoms with Gasteiger partial charge in [-0.15, -0.1) is 0 Å². The second-order valence-electron chi connectivity index (χ2n) is 3.94. The van der Waals surface area contributed by atoms with Crippen molar-refractivity contribution in [2.24, 2.45) is 0 Å². The smallest absolute Gasteiger partial charge is 0.335 e. The normalized spacial score (nSPS) is 17.3. The standard InChI is InChI=1S/C10H12N2O2/c1-10(2)7-5-6(9(13)14)3-4-8(7)11-12-10/h3-5,11-12H,1-2H3,(H,13,14). The average Bonchev–Trinajstić information content (AvgIpc) is 2.42. The van der Waals surface area contributed by atoms with E-state index in [4.69, 9.17) is 5.11 Å². The number of nitrogens with one attached hydrogen (secondary N) is 2. The lowest BCUT2D eigenvalue weighted by molar-refractivity contribution is 0.0697. The van der Waals surface area contributed by atoms with Crippen LogP contribution in [0.3, 0.4) is 0 Å². The topological polar surface area (TPSA) is 61.4 Å². The third-order valence-electron chi connectivity index (χ3n) is 2.45. The maximum Gasteiger partial charge on any atom is 0.335 e. The summed E-state index contributed by atoms with van der Waals surface area (Å²) >= 11 is 0. The highest BCUT2D eigenvalue weighted by Crippen LogP contribution is 2.33. The van der Waals surface area contributed by atoms with Crippen LogP contribution in [0.15, 0.2) is 18.2 Å². The Bertz CT molecular complexity index is 399. The number of benzene rings is 1. The number of rotatable bonds is 1. The van der Waals surface area contributed by atoms with E-state index in [-0.39, 0.29) is 5.54 Å². The minimum atomic E-state index is -0.893. The van der Waals surface area contributed by atoms with Crippen LogP contribution in [0.2, 0.25) is 0 Å². The number of fused-ring (bicyclic) bond motifs is 1. The molecule has 0 saturated heterocycles. The molecule has 0 bridgehead atoms.